The van der Waals surface area contributed by atoms with E-state index in [1.54, 1.807) is 44.2 Å². The first kappa shape index (κ1) is 22.8. The molecule has 162 valence electrons. The van der Waals surface area contributed by atoms with Crippen LogP contribution in [0.1, 0.15) is 31.2 Å². The van der Waals surface area contributed by atoms with Gasteiger partial charge in [-0.15, -0.1) is 0 Å². The predicted octanol–water partition coefficient (Wildman–Crippen LogP) is 2.94. The molecule has 0 saturated heterocycles. The molecule has 29 heavy (non-hydrogen) atoms. The minimum atomic E-state index is -4.40. The molecule has 1 amide bonds. The van der Waals surface area contributed by atoms with Gasteiger partial charge in [-0.1, -0.05) is 31.0 Å². The molecule has 1 aromatic rings. The van der Waals surface area contributed by atoms with E-state index in [1.165, 1.54) is 6.07 Å². The maximum Gasteiger partial charge on any atom is 0.422 e. The van der Waals surface area contributed by atoms with E-state index >= 15 is 0 Å². The Morgan fingerprint density at radius 1 is 1.21 bits per heavy atom. The van der Waals surface area contributed by atoms with Crippen molar-refractivity contribution in [2.75, 3.05) is 34.3 Å². The maximum atomic E-state index is 12.7. The number of carbonyl (C=O) groups excluding carboxylic acids is 1. The lowest BCUT2D eigenvalue weighted by Gasteiger charge is -2.31. The number of halogens is 3. The monoisotopic (exact) mass is 414 g/mol. The van der Waals surface area contributed by atoms with Crippen molar-refractivity contribution in [2.45, 2.75) is 38.4 Å². The summed E-state index contributed by atoms with van der Waals surface area (Å²) in [6.45, 7) is -0.648. The molecule has 0 spiro atoms. The zero-order valence-electron chi connectivity index (χ0n) is 17.1. The van der Waals surface area contributed by atoms with Crippen molar-refractivity contribution in [3.05, 3.63) is 29.8 Å². The number of rotatable bonds is 7. The van der Waals surface area contributed by atoms with E-state index in [-0.39, 0.29) is 18.2 Å². The van der Waals surface area contributed by atoms with Crippen molar-refractivity contribution >= 4 is 11.9 Å². The highest BCUT2D eigenvalue weighted by Gasteiger charge is 2.42. The standard InChI is InChI=1S/C20H29F3N4O2/c1-24-18(26-13-19(10-6-7-11-19)17(28)27(2)3)25-12-15-8-4-5-9-16(15)29-14-20(21,22)23/h4-5,8-9H,6-7,10-14H2,1-3H3,(H2,24,25,26). The molecule has 0 atom stereocenters. The quantitative estimate of drug-likeness (QED) is 0.532. The number of ether oxygens (including phenoxy) is 1. The van der Waals surface area contributed by atoms with Crippen LogP contribution in [0.2, 0.25) is 0 Å². The number of amides is 1. The van der Waals surface area contributed by atoms with Gasteiger partial charge in [0.05, 0.1) is 5.41 Å². The van der Waals surface area contributed by atoms with Gasteiger partial charge >= 0.3 is 6.18 Å². The average molecular weight is 414 g/mol. The van der Waals surface area contributed by atoms with Crippen LogP contribution < -0.4 is 15.4 Å². The van der Waals surface area contributed by atoms with Gasteiger partial charge in [0.15, 0.2) is 12.6 Å². The lowest BCUT2D eigenvalue weighted by atomic mass is 9.84. The molecule has 2 N–H and O–H groups in total. The molecule has 0 radical (unpaired) electrons. The lowest BCUT2D eigenvalue weighted by molar-refractivity contribution is -0.153. The normalized spacial score (nSPS) is 16.4. The Labute approximate surface area is 169 Å². The summed E-state index contributed by atoms with van der Waals surface area (Å²) in [7, 11) is 5.12. The van der Waals surface area contributed by atoms with Crippen molar-refractivity contribution in [1.82, 2.24) is 15.5 Å². The van der Waals surface area contributed by atoms with Gasteiger partial charge in [0, 0.05) is 39.8 Å². The number of carbonyl (C=O) groups is 1. The highest BCUT2D eigenvalue weighted by atomic mass is 19.4. The fraction of sp³-hybridized carbons (Fsp3) is 0.600. The zero-order chi connectivity index (χ0) is 21.5. The van der Waals surface area contributed by atoms with Gasteiger partial charge in [0.2, 0.25) is 5.91 Å². The number of guanidine groups is 1. The van der Waals surface area contributed by atoms with Crippen LogP contribution in [0.5, 0.6) is 5.75 Å². The van der Waals surface area contributed by atoms with Crippen LogP contribution in [-0.4, -0.2) is 57.2 Å². The predicted molar refractivity (Wildman–Crippen MR) is 106 cm³/mol. The van der Waals surface area contributed by atoms with Crippen LogP contribution >= 0.6 is 0 Å². The number of hydrogen-bond donors (Lipinski definition) is 2. The Morgan fingerprint density at radius 2 is 1.86 bits per heavy atom. The second kappa shape index (κ2) is 9.84. The number of alkyl halides is 3. The molecule has 0 aromatic heterocycles. The highest BCUT2D eigenvalue weighted by molar-refractivity contribution is 5.85. The van der Waals surface area contributed by atoms with Gasteiger partial charge in [0.1, 0.15) is 5.75 Å². The van der Waals surface area contributed by atoms with Crippen molar-refractivity contribution < 1.29 is 22.7 Å². The van der Waals surface area contributed by atoms with Crippen LogP contribution in [-0.2, 0) is 11.3 Å². The van der Waals surface area contributed by atoms with Crippen molar-refractivity contribution in [3.63, 3.8) is 0 Å². The van der Waals surface area contributed by atoms with Crippen molar-refractivity contribution in [2.24, 2.45) is 10.4 Å². The average Bonchev–Trinajstić information content (AvgIpc) is 3.16. The Kier molecular flexibility index (Phi) is 7.75. The summed E-state index contributed by atoms with van der Waals surface area (Å²) in [6.07, 6.45) is -0.731. The minimum absolute atomic E-state index is 0.101. The molecular weight excluding hydrogens is 385 g/mol. The largest absolute Gasteiger partial charge is 0.484 e. The van der Waals surface area contributed by atoms with Gasteiger partial charge in [-0.2, -0.15) is 13.2 Å². The third-order valence-corrected chi connectivity index (χ3v) is 5.05. The molecule has 2 rings (SSSR count). The summed E-state index contributed by atoms with van der Waals surface area (Å²) in [5.41, 5.74) is 0.133. The Balaban J connectivity index is 1.97. The molecule has 1 aromatic carbocycles. The first-order valence-electron chi connectivity index (χ1n) is 9.60. The second-order valence-electron chi connectivity index (χ2n) is 7.48. The maximum absolute atomic E-state index is 12.7. The number of benzene rings is 1. The van der Waals surface area contributed by atoms with Crippen LogP contribution in [0.25, 0.3) is 0 Å². The fourth-order valence-corrected chi connectivity index (χ4v) is 3.60. The van der Waals surface area contributed by atoms with Gasteiger partial charge in [0.25, 0.3) is 0 Å². The molecule has 0 heterocycles. The van der Waals surface area contributed by atoms with Crippen LogP contribution in [0.15, 0.2) is 29.3 Å². The van der Waals surface area contributed by atoms with Gasteiger partial charge in [-0.25, -0.2) is 0 Å². The first-order chi connectivity index (χ1) is 13.7. The topological polar surface area (TPSA) is 66.0 Å². The number of nitrogens with zero attached hydrogens (tertiary/aromatic N) is 2. The zero-order valence-corrected chi connectivity index (χ0v) is 17.1. The molecular formula is C20H29F3N4O2. The molecule has 0 unspecified atom stereocenters. The van der Waals surface area contributed by atoms with E-state index < -0.39 is 18.2 Å². The van der Waals surface area contributed by atoms with E-state index in [1.807, 2.05) is 0 Å². The van der Waals surface area contributed by atoms with E-state index in [0.717, 1.165) is 25.7 Å². The highest BCUT2D eigenvalue weighted by Crippen LogP contribution is 2.38. The van der Waals surface area contributed by atoms with Crippen LogP contribution in [0.4, 0.5) is 13.2 Å². The smallest absolute Gasteiger partial charge is 0.422 e. The van der Waals surface area contributed by atoms with E-state index in [2.05, 4.69) is 15.6 Å². The number of hydrogen-bond acceptors (Lipinski definition) is 3. The molecule has 1 fully saturated rings. The molecule has 9 heteroatoms. The summed E-state index contributed by atoms with van der Waals surface area (Å²) < 4.78 is 42.2. The summed E-state index contributed by atoms with van der Waals surface area (Å²) in [4.78, 5) is 18.4. The van der Waals surface area contributed by atoms with Crippen molar-refractivity contribution in [1.29, 1.82) is 0 Å². The third-order valence-electron chi connectivity index (χ3n) is 5.05. The molecule has 1 saturated carbocycles. The third kappa shape index (κ3) is 6.54. The van der Waals surface area contributed by atoms with Crippen molar-refractivity contribution in [3.8, 4) is 5.75 Å². The summed E-state index contributed by atoms with van der Waals surface area (Å²) >= 11 is 0. The van der Waals surface area contributed by atoms with Gasteiger partial charge in [-0.05, 0) is 18.9 Å². The van der Waals surface area contributed by atoms with E-state index in [0.29, 0.717) is 18.1 Å². The Morgan fingerprint density at radius 3 is 2.45 bits per heavy atom. The molecule has 1 aliphatic rings. The molecule has 0 bridgehead atoms. The van der Waals surface area contributed by atoms with Gasteiger partial charge < -0.3 is 20.3 Å². The first-order valence-corrected chi connectivity index (χ1v) is 9.60. The Bertz CT molecular complexity index is 714. The number of para-hydroxylation sites is 1. The van der Waals surface area contributed by atoms with Crippen LogP contribution in [0, 0.1) is 5.41 Å². The van der Waals surface area contributed by atoms with E-state index in [9.17, 15) is 18.0 Å². The summed E-state index contributed by atoms with van der Waals surface area (Å²) in [5.74, 6) is 0.750. The van der Waals surface area contributed by atoms with Crippen LogP contribution in [0.3, 0.4) is 0 Å². The Hall–Kier alpha value is -2.45. The minimum Gasteiger partial charge on any atom is -0.484 e. The summed E-state index contributed by atoms with van der Waals surface area (Å²) in [6, 6.07) is 6.55. The lowest BCUT2D eigenvalue weighted by Crippen LogP contribution is -2.49. The van der Waals surface area contributed by atoms with Gasteiger partial charge in [-0.3, -0.25) is 9.79 Å². The fourth-order valence-electron chi connectivity index (χ4n) is 3.60. The molecule has 1 aliphatic carbocycles. The number of nitrogens with one attached hydrogen (secondary N) is 2. The van der Waals surface area contributed by atoms with E-state index in [4.69, 9.17) is 4.74 Å². The number of aliphatic imine (C=N–C) groups is 1. The molecule has 0 aliphatic heterocycles. The second-order valence-corrected chi connectivity index (χ2v) is 7.48. The SMILES string of the molecule is CN=C(NCc1ccccc1OCC(F)(F)F)NCC1(C(=O)N(C)C)CCCC1. The molecule has 6 nitrogen and oxygen atoms in total. The summed E-state index contributed by atoms with van der Waals surface area (Å²) in [5, 5.41) is 6.29.